The van der Waals surface area contributed by atoms with E-state index in [0.717, 1.165) is 40.1 Å². The summed E-state index contributed by atoms with van der Waals surface area (Å²) in [6, 6.07) is 20.5. The van der Waals surface area contributed by atoms with Crippen molar-refractivity contribution in [2.75, 3.05) is 5.32 Å². The first-order chi connectivity index (χ1) is 15.3. The molecule has 3 aromatic heterocycles. The van der Waals surface area contributed by atoms with Crippen LogP contribution in [-0.4, -0.2) is 24.7 Å². The van der Waals surface area contributed by atoms with Crippen LogP contribution in [0.1, 0.15) is 16.7 Å². The van der Waals surface area contributed by atoms with Crippen LogP contribution >= 0.6 is 0 Å². The third-order valence-electron chi connectivity index (χ3n) is 4.96. The van der Waals surface area contributed by atoms with Crippen molar-refractivity contribution in [2.24, 2.45) is 0 Å². The lowest BCUT2D eigenvalue weighted by Gasteiger charge is -2.09. The van der Waals surface area contributed by atoms with Crippen molar-refractivity contribution in [1.29, 1.82) is 0 Å². The zero-order valence-electron chi connectivity index (χ0n) is 16.8. The van der Waals surface area contributed by atoms with Crippen molar-refractivity contribution >= 4 is 34.6 Å². The first-order valence-electron chi connectivity index (χ1n) is 10.00. The molecule has 31 heavy (non-hydrogen) atoms. The Morgan fingerprint density at radius 1 is 0.871 bits per heavy atom. The van der Waals surface area contributed by atoms with E-state index in [1.54, 1.807) is 18.7 Å². The van der Waals surface area contributed by atoms with Gasteiger partial charge in [0.1, 0.15) is 12.1 Å². The predicted octanol–water partition coefficient (Wildman–Crippen LogP) is 5.18. The molecule has 0 bridgehead atoms. The largest absolute Gasteiger partial charge is 0.340 e. The van der Waals surface area contributed by atoms with Gasteiger partial charge in [0.25, 0.3) is 0 Å². The molecule has 1 N–H and O–H groups in total. The molecule has 5 rings (SSSR count). The molecule has 0 saturated heterocycles. The minimum atomic E-state index is 0.742. The Morgan fingerprint density at radius 3 is 2.68 bits per heavy atom. The van der Waals surface area contributed by atoms with E-state index < -0.39 is 0 Å². The van der Waals surface area contributed by atoms with E-state index in [2.05, 4.69) is 49.6 Å². The van der Waals surface area contributed by atoms with Crippen LogP contribution in [0.5, 0.6) is 0 Å². The molecule has 0 spiro atoms. The minimum absolute atomic E-state index is 0.742. The second-order valence-electron chi connectivity index (χ2n) is 7.13. The van der Waals surface area contributed by atoms with Gasteiger partial charge in [-0.15, -0.1) is 0 Å². The second-order valence-corrected chi connectivity index (χ2v) is 7.13. The van der Waals surface area contributed by atoms with Crippen LogP contribution in [0.15, 0.2) is 91.8 Å². The van der Waals surface area contributed by atoms with Crippen molar-refractivity contribution in [1.82, 2.24) is 24.7 Å². The summed E-state index contributed by atoms with van der Waals surface area (Å²) < 4.78 is 2.02. The number of aromatic nitrogens is 5. The standard InChI is InChI=1S/C25H20N6/c1-2-5-20(6-3-1)17-31-24-11-10-23(13-22(24)16-29-31)30-25-21(15-27-18-28-25)9-8-19-7-4-12-26-14-19/h1-16,18H,17H2,(H,27,28,30). The average molecular weight is 404 g/mol. The van der Waals surface area contributed by atoms with E-state index in [4.69, 9.17) is 0 Å². The quantitative estimate of drug-likeness (QED) is 0.422. The van der Waals surface area contributed by atoms with Gasteiger partial charge in [0.2, 0.25) is 0 Å². The maximum Gasteiger partial charge on any atom is 0.141 e. The van der Waals surface area contributed by atoms with Crippen LogP contribution < -0.4 is 5.32 Å². The third kappa shape index (κ3) is 4.33. The molecule has 0 aliphatic rings. The number of hydrogen-bond donors (Lipinski definition) is 1. The van der Waals surface area contributed by atoms with Gasteiger partial charge in [0.05, 0.1) is 18.3 Å². The summed E-state index contributed by atoms with van der Waals surface area (Å²) in [7, 11) is 0. The second kappa shape index (κ2) is 8.59. The summed E-state index contributed by atoms with van der Waals surface area (Å²) in [6.07, 6.45) is 12.8. The van der Waals surface area contributed by atoms with Crippen molar-refractivity contribution in [3.05, 3.63) is 108 Å². The fourth-order valence-electron chi connectivity index (χ4n) is 3.41. The number of rotatable bonds is 6. The van der Waals surface area contributed by atoms with Crippen LogP contribution in [0.2, 0.25) is 0 Å². The highest BCUT2D eigenvalue weighted by Crippen LogP contribution is 2.24. The number of nitrogens with zero attached hydrogens (tertiary/aromatic N) is 5. The summed E-state index contributed by atoms with van der Waals surface area (Å²) in [5.41, 5.74) is 5.17. The van der Waals surface area contributed by atoms with E-state index in [1.165, 1.54) is 5.56 Å². The van der Waals surface area contributed by atoms with Crippen LogP contribution in [0.3, 0.4) is 0 Å². The van der Waals surface area contributed by atoms with Gasteiger partial charge in [-0.25, -0.2) is 9.97 Å². The highest BCUT2D eigenvalue weighted by Gasteiger charge is 2.07. The summed E-state index contributed by atoms with van der Waals surface area (Å²) >= 11 is 0. The van der Waals surface area contributed by atoms with Gasteiger partial charge in [0.15, 0.2) is 0 Å². The lowest BCUT2D eigenvalue weighted by atomic mass is 10.2. The molecule has 0 atom stereocenters. The molecular formula is C25H20N6. The number of anilines is 2. The lowest BCUT2D eigenvalue weighted by molar-refractivity contribution is 0.712. The van der Waals surface area contributed by atoms with Gasteiger partial charge in [-0.3, -0.25) is 9.67 Å². The molecule has 0 saturated carbocycles. The molecule has 150 valence electrons. The van der Waals surface area contributed by atoms with Gasteiger partial charge >= 0.3 is 0 Å². The molecule has 2 aromatic carbocycles. The molecular weight excluding hydrogens is 384 g/mol. The summed E-state index contributed by atoms with van der Waals surface area (Å²) in [6.45, 7) is 0.742. The van der Waals surface area contributed by atoms with E-state index in [9.17, 15) is 0 Å². The van der Waals surface area contributed by atoms with Gasteiger partial charge < -0.3 is 5.32 Å². The molecule has 0 aliphatic carbocycles. The summed E-state index contributed by atoms with van der Waals surface area (Å²) in [5.74, 6) is 0.742. The minimum Gasteiger partial charge on any atom is -0.340 e. The molecule has 5 aromatic rings. The predicted molar refractivity (Wildman–Crippen MR) is 124 cm³/mol. The first kappa shape index (κ1) is 18.7. The fraction of sp³-hybridized carbons (Fsp3) is 0.0400. The Balaban J connectivity index is 1.38. The van der Waals surface area contributed by atoms with Gasteiger partial charge in [-0.2, -0.15) is 5.10 Å². The van der Waals surface area contributed by atoms with Gasteiger partial charge in [0, 0.05) is 35.2 Å². The fourth-order valence-corrected chi connectivity index (χ4v) is 3.41. The third-order valence-corrected chi connectivity index (χ3v) is 4.96. The van der Waals surface area contributed by atoms with Crippen molar-refractivity contribution in [3.63, 3.8) is 0 Å². The zero-order valence-corrected chi connectivity index (χ0v) is 16.8. The van der Waals surface area contributed by atoms with Crippen LogP contribution in [0.25, 0.3) is 23.1 Å². The Kier molecular flexibility index (Phi) is 5.18. The molecule has 0 unspecified atom stereocenters. The average Bonchev–Trinajstić information content (AvgIpc) is 3.22. The van der Waals surface area contributed by atoms with Crippen LogP contribution in [0.4, 0.5) is 11.5 Å². The maximum absolute atomic E-state index is 4.57. The monoisotopic (exact) mass is 404 g/mol. The smallest absolute Gasteiger partial charge is 0.141 e. The van der Waals surface area contributed by atoms with Gasteiger partial charge in [-0.05, 0) is 41.5 Å². The summed E-state index contributed by atoms with van der Waals surface area (Å²) in [5, 5.41) is 9.04. The van der Waals surface area contributed by atoms with Gasteiger partial charge in [-0.1, -0.05) is 42.5 Å². The highest BCUT2D eigenvalue weighted by atomic mass is 15.3. The first-order valence-corrected chi connectivity index (χ1v) is 10.00. The Morgan fingerprint density at radius 2 is 1.81 bits per heavy atom. The number of fused-ring (bicyclic) bond motifs is 1. The Bertz CT molecular complexity index is 1330. The molecule has 3 heterocycles. The molecule has 0 radical (unpaired) electrons. The maximum atomic E-state index is 4.57. The molecule has 0 aliphatic heterocycles. The van der Waals surface area contributed by atoms with Crippen LogP contribution in [-0.2, 0) is 6.54 Å². The molecule has 6 heteroatoms. The van der Waals surface area contributed by atoms with E-state index >= 15 is 0 Å². The highest BCUT2D eigenvalue weighted by molar-refractivity contribution is 5.84. The number of benzene rings is 2. The summed E-state index contributed by atoms with van der Waals surface area (Å²) in [4.78, 5) is 12.7. The zero-order chi connectivity index (χ0) is 20.9. The Hall–Kier alpha value is -4.32. The van der Waals surface area contributed by atoms with Crippen molar-refractivity contribution in [2.45, 2.75) is 6.54 Å². The molecule has 6 nitrogen and oxygen atoms in total. The molecule has 0 amide bonds. The van der Waals surface area contributed by atoms with E-state index in [1.807, 2.05) is 65.6 Å². The Labute approximate surface area is 180 Å². The number of pyridine rings is 1. The number of nitrogens with one attached hydrogen (secondary N) is 1. The topological polar surface area (TPSA) is 68.5 Å². The van der Waals surface area contributed by atoms with Crippen LogP contribution in [0, 0.1) is 0 Å². The number of hydrogen-bond acceptors (Lipinski definition) is 5. The van der Waals surface area contributed by atoms with Crippen molar-refractivity contribution < 1.29 is 0 Å². The van der Waals surface area contributed by atoms with E-state index in [0.29, 0.717) is 0 Å². The van der Waals surface area contributed by atoms with E-state index in [-0.39, 0.29) is 0 Å². The molecule has 0 fully saturated rings. The SMILES string of the molecule is C(=Cc1cncnc1Nc1ccc2c(cnn2Cc2ccccc2)c1)c1cccnc1. The normalized spacial score (nSPS) is 11.2. The lowest BCUT2D eigenvalue weighted by Crippen LogP contribution is -2.01. The van der Waals surface area contributed by atoms with Crippen molar-refractivity contribution in [3.8, 4) is 0 Å².